The molecule has 0 unspecified atom stereocenters. The van der Waals surface area contributed by atoms with Gasteiger partial charge in [-0.3, -0.25) is 18.5 Å². The van der Waals surface area contributed by atoms with Crippen LogP contribution in [0.15, 0.2) is 81.2 Å². The lowest BCUT2D eigenvalue weighted by atomic mass is 10.1. The first-order chi connectivity index (χ1) is 25.3. The van der Waals surface area contributed by atoms with E-state index in [1.54, 1.807) is 12.1 Å². The lowest BCUT2D eigenvalue weighted by molar-refractivity contribution is 0.483. The largest absolute Gasteiger partial charge is 0.304 e. The zero-order valence-electron chi connectivity index (χ0n) is 29.0. The van der Waals surface area contributed by atoms with E-state index in [0.29, 0.717) is 25.9 Å². The van der Waals surface area contributed by atoms with E-state index in [9.17, 15) is 25.9 Å². The summed E-state index contributed by atoms with van der Waals surface area (Å²) < 4.78 is 70.7. The Kier molecular flexibility index (Phi) is 9.24. The van der Waals surface area contributed by atoms with E-state index in [4.69, 9.17) is 10.2 Å². The summed E-state index contributed by atoms with van der Waals surface area (Å²) in [6.07, 6.45) is 12.0. The number of unbranched alkanes of at least 4 members (excludes halogenated alkanes) is 2. The molecule has 0 radical (unpaired) electrons. The van der Waals surface area contributed by atoms with E-state index in [2.05, 4.69) is 60.7 Å². The third-order valence-corrected chi connectivity index (χ3v) is 14.5. The molecule has 0 aliphatic heterocycles. The first-order valence-electron chi connectivity index (χ1n) is 17.2. The molecule has 53 heavy (non-hydrogen) atoms. The maximum absolute atomic E-state index is 11.9. The van der Waals surface area contributed by atoms with Crippen LogP contribution in [0.2, 0.25) is 0 Å². The normalized spacial score (nSPS) is 13.7. The predicted molar refractivity (Wildman–Crippen MR) is 209 cm³/mol. The standard InChI is InChI=1S/C39H36N4O6S4/c1-24-10-14-26(15-11-24)22-42-38-28(18-34-30(38)20-36(50-34)52(44,45)46)32(40-42)8-6-4-3-5-7-9-33-29-19-35-31(21-37(51-35)53(47,48)49)39(29)43(41-33)23-27-16-12-25(2)13-17-27/h6-17,20-21H,3-5,18-19,22-23H2,1-2H3,(H,44,45,46)(H,47,48,49)/b8-6+,9-7+. The number of aromatic nitrogens is 4. The second-order valence-corrected chi connectivity index (χ2v) is 19.1. The summed E-state index contributed by atoms with van der Waals surface area (Å²) in [5.74, 6) is 0. The van der Waals surface area contributed by atoms with Crippen molar-refractivity contribution in [2.24, 2.45) is 0 Å². The lowest BCUT2D eigenvalue weighted by Gasteiger charge is -2.07. The van der Waals surface area contributed by atoms with Crippen molar-refractivity contribution < 1.29 is 25.9 Å². The van der Waals surface area contributed by atoms with Gasteiger partial charge in [0.1, 0.15) is 8.42 Å². The summed E-state index contributed by atoms with van der Waals surface area (Å²) >= 11 is 2.22. The number of hydrogen-bond donors (Lipinski definition) is 2. The molecule has 4 aromatic heterocycles. The Bertz CT molecular complexity index is 2480. The van der Waals surface area contributed by atoms with Gasteiger partial charge in [-0.1, -0.05) is 71.8 Å². The van der Waals surface area contributed by atoms with Gasteiger partial charge >= 0.3 is 20.2 Å². The number of fused-ring (bicyclic) bond motifs is 6. The molecule has 0 atom stereocenters. The van der Waals surface area contributed by atoms with Gasteiger partial charge in [-0.2, -0.15) is 27.0 Å². The summed E-state index contributed by atoms with van der Waals surface area (Å²) in [5.41, 5.74) is 11.8. The lowest BCUT2D eigenvalue weighted by Crippen LogP contribution is -2.04. The maximum atomic E-state index is 11.9. The third-order valence-electron chi connectivity index (χ3n) is 9.63. The van der Waals surface area contributed by atoms with Crippen LogP contribution in [0.4, 0.5) is 0 Å². The van der Waals surface area contributed by atoms with Crippen LogP contribution in [-0.4, -0.2) is 45.5 Å². The minimum Gasteiger partial charge on any atom is -0.281 e. The van der Waals surface area contributed by atoms with Crippen LogP contribution in [0.1, 0.15) is 73.8 Å². The molecule has 14 heteroatoms. The molecule has 0 saturated carbocycles. The maximum Gasteiger partial charge on any atom is 0.304 e. The Morgan fingerprint density at radius 3 is 1.43 bits per heavy atom. The van der Waals surface area contributed by atoms with Crippen LogP contribution in [0.5, 0.6) is 0 Å². The molecular formula is C39H36N4O6S4. The van der Waals surface area contributed by atoms with Crippen LogP contribution >= 0.6 is 22.7 Å². The molecule has 4 heterocycles. The highest BCUT2D eigenvalue weighted by atomic mass is 32.3. The summed E-state index contributed by atoms with van der Waals surface area (Å²) in [4.78, 5) is 1.81. The number of hydrogen-bond acceptors (Lipinski definition) is 8. The highest BCUT2D eigenvalue weighted by Crippen LogP contribution is 2.46. The minimum atomic E-state index is -4.29. The van der Waals surface area contributed by atoms with Crippen molar-refractivity contribution in [2.45, 2.75) is 67.5 Å². The smallest absolute Gasteiger partial charge is 0.281 e. The number of aryl methyl sites for hydroxylation is 2. The topological polar surface area (TPSA) is 144 Å². The van der Waals surface area contributed by atoms with Crippen molar-refractivity contribution in [3.05, 3.63) is 127 Å². The minimum absolute atomic E-state index is 0.0493. The van der Waals surface area contributed by atoms with Crippen LogP contribution < -0.4 is 0 Å². The van der Waals surface area contributed by atoms with Crippen LogP contribution in [0.3, 0.4) is 0 Å². The number of thiophene rings is 2. The number of allylic oxidation sites excluding steroid dienone is 2. The van der Waals surface area contributed by atoms with Crippen LogP contribution in [0.25, 0.3) is 34.7 Å². The monoisotopic (exact) mass is 784 g/mol. The predicted octanol–water partition coefficient (Wildman–Crippen LogP) is 8.45. The Labute approximate surface area is 316 Å². The van der Waals surface area contributed by atoms with Gasteiger partial charge in [0.2, 0.25) is 0 Å². The van der Waals surface area contributed by atoms with Gasteiger partial charge in [-0.05, 0) is 68.5 Å². The third kappa shape index (κ3) is 7.14. The second-order valence-electron chi connectivity index (χ2n) is 13.6. The molecule has 272 valence electrons. The van der Waals surface area contributed by atoms with Gasteiger partial charge < -0.3 is 0 Å². The molecule has 0 spiro atoms. The summed E-state index contributed by atoms with van der Waals surface area (Å²) in [5, 5.41) is 9.89. The van der Waals surface area contributed by atoms with Crippen LogP contribution in [-0.2, 0) is 46.2 Å². The number of nitrogens with zero attached hydrogens (tertiary/aromatic N) is 4. The summed E-state index contributed by atoms with van der Waals surface area (Å²) in [6.45, 7) is 5.16. The average molecular weight is 785 g/mol. The van der Waals surface area contributed by atoms with Crippen molar-refractivity contribution in [1.82, 2.24) is 19.6 Å². The Morgan fingerprint density at radius 1 is 0.660 bits per heavy atom. The van der Waals surface area contributed by atoms with Crippen molar-refractivity contribution in [3.63, 3.8) is 0 Å². The fourth-order valence-electron chi connectivity index (χ4n) is 7.01. The Hall–Kier alpha value is -4.44. The fourth-order valence-corrected chi connectivity index (χ4v) is 10.8. The van der Waals surface area contributed by atoms with Crippen molar-refractivity contribution >= 4 is 55.1 Å². The molecule has 0 amide bonds. The van der Waals surface area contributed by atoms with E-state index >= 15 is 0 Å². The highest BCUT2D eigenvalue weighted by molar-refractivity contribution is 7.88. The first-order valence-corrected chi connectivity index (χ1v) is 21.7. The highest BCUT2D eigenvalue weighted by Gasteiger charge is 2.32. The summed E-state index contributed by atoms with van der Waals surface area (Å²) in [6, 6.07) is 19.7. The van der Waals surface area contributed by atoms with Gasteiger partial charge in [0.25, 0.3) is 0 Å². The van der Waals surface area contributed by atoms with E-state index < -0.39 is 20.2 Å². The molecule has 10 nitrogen and oxygen atoms in total. The zero-order chi connectivity index (χ0) is 37.1. The zero-order valence-corrected chi connectivity index (χ0v) is 32.2. The van der Waals surface area contributed by atoms with Crippen LogP contribution in [0, 0.1) is 13.8 Å². The molecule has 0 bridgehead atoms. The van der Waals surface area contributed by atoms with Gasteiger partial charge in [0.15, 0.2) is 0 Å². The molecule has 2 aliphatic rings. The fraction of sp³-hybridized carbons (Fsp3) is 0.231. The molecule has 2 aromatic carbocycles. The van der Waals surface area contributed by atoms with Crippen molar-refractivity contribution in [3.8, 4) is 22.5 Å². The number of rotatable bonds is 12. The molecule has 2 aliphatic carbocycles. The van der Waals surface area contributed by atoms with E-state index in [1.165, 1.54) is 11.1 Å². The van der Waals surface area contributed by atoms with Gasteiger partial charge in [0, 0.05) is 44.8 Å². The molecule has 6 aromatic rings. The number of benzene rings is 2. The van der Waals surface area contributed by atoms with Gasteiger partial charge in [-0.15, -0.1) is 22.7 Å². The van der Waals surface area contributed by atoms with Gasteiger partial charge in [-0.25, -0.2) is 0 Å². The second kappa shape index (κ2) is 13.8. The van der Waals surface area contributed by atoms with E-state index in [1.807, 2.05) is 35.4 Å². The Balaban J connectivity index is 0.978. The molecule has 0 saturated heterocycles. The molecule has 0 fully saturated rings. The van der Waals surface area contributed by atoms with Crippen molar-refractivity contribution in [2.75, 3.05) is 0 Å². The van der Waals surface area contributed by atoms with Crippen molar-refractivity contribution in [1.29, 1.82) is 0 Å². The molecule has 2 N–H and O–H groups in total. The molecule has 8 rings (SSSR count). The van der Waals surface area contributed by atoms with E-state index in [-0.39, 0.29) is 8.42 Å². The Morgan fingerprint density at radius 2 is 1.06 bits per heavy atom. The SMILES string of the molecule is Cc1ccc(Cn2nc(/C=C/CCC/C=C/c3nn(Cc4ccc(C)cc4)c4c3Cc3sc(S(=O)(=O)O)cc3-4)c3c2-c2cc(S(=O)(=O)O)sc2C3)cc1. The quantitative estimate of drug-likeness (QED) is 0.0928. The van der Waals surface area contributed by atoms with Gasteiger partial charge in [0.05, 0.1) is 35.9 Å². The summed E-state index contributed by atoms with van der Waals surface area (Å²) in [7, 11) is -8.58. The molecular weight excluding hydrogens is 749 g/mol. The average Bonchev–Trinajstić information content (AvgIpc) is 3.92. The first kappa shape index (κ1) is 35.6. The van der Waals surface area contributed by atoms with E-state index in [0.717, 1.165) is 108 Å².